The quantitative estimate of drug-likeness (QED) is 0.0767. The van der Waals surface area contributed by atoms with Crippen LogP contribution in [0.2, 0.25) is 0 Å². The van der Waals surface area contributed by atoms with Crippen molar-refractivity contribution >= 4 is 47.7 Å². The molecule has 0 aliphatic carbocycles. The molecule has 0 aromatic heterocycles. The number of rotatable bonds is 10. The Morgan fingerprint density at radius 1 is 0.404 bits per heavy atom. The summed E-state index contributed by atoms with van der Waals surface area (Å²) in [5, 5.41) is 8.66. The van der Waals surface area contributed by atoms with Gasteiger partial charge in [-0.2, -0.15) is 72.8 Å². The predicted molar refractivity (Wildman–Crippen MR) is 241 cm³/mol. The van der Waals surface area contributed by atoms with Gasteiger partial charge in [0.1, 0.15) is 0 Å². The first kappa shape index (κ1) is 50.0. The van der Waals surface area contributed by atoms with E-state index in [0.29, 0.717) is 12.1 Å². The zero-order valence-corrected chi connectivity index (χ0v) is 38.7. The van der Waals surface area contributed by atoms with Crippen LogP contribution in [0.3, 0.4) is 0 Å². The van der Waals surface area contributed by atoms with E-state index in [1.165, 1.54) is 43.0 Å². The zero-order valence-electron chi connectivity index (χ0n) is 33.6. The van der Waals surface area contributed by atoms with Crippen LogP contribution in [0.25, 0.3) is 0 Å². The monoisotopic (exact) mass is 912 g/mol. The molecule has 0 amide bonds. The smallest absolute Gasteiger partial charge is 0.314 e. The Balaban J connectivity index is 0.000000302. The molecule has 0 radical (unpaired) electrons. The Hall–Kier alpha value is -3.12. The average Bonchev–Trinajstić information content (AvgIpc) is 4.05. The van der Waals surface area contributed by atoms with E-state index in [-0.39, 0.29) is 51.2 Å². The molecule has 0 saturated carbocycles. The Morgan fingerprint density at radius 2 is 0.719 bits per heavy atom. The summed E-state index contributed by atoms with van der Waals surface area (Å²) in [5.74, 6) is 0. The molecule has 2 nitrogen and oxygen atoms in total. The van der Waals surface area contributed by atoms with Crippen LogP contribution in [0.5, 0.6) is 0 Å². The van der Waals surface area contributed by atoms with E-state index in [1.54, 1.807) is 0 Å². The summed E-state index contributed by atoms with van der Waals surface area (Å²) in [5.41, 5.74) is 2.89. The molecule has 0 heterocycles. The molecular weight excluding hydrogens is 858 g/mol. The van der Waals surface area contributed by atoms with Gasteiger partial charge < -0.3 is 9.80 Å². The maximum atomic E-state index is 2.31. The van der Waals surface area contributed by atoms with E-state index in [2.05, 4.69) is 197 Å². The van der Waals surface area contributed by atoms with Crippen LogP contribution < -0.4 is 31.8 Å². The van der Waals surface area contributed by atoms with Crippen LogP contribution in [0.1, 0.15) is 37.1 Å². The van der Waals surface area contributed by atoms with Crippen molar-refractivity contribution in [3.63, 3.8) is 0 Å². The number of hydrogen-bond donors (Lipinski definition) is 0. The maximum Gasteiger partial charge on any atom is 2.00 e. The fourth-order valence-electron chi connectivity index (χ4n) is 6.20. The van der Waals surface area contributed by atoms with Gasteiger partial charge in [-0.05, 0) is 50.9 Å². The van der Waals surface area contributed by atoms with Crippen molar-refractivity contribution in [3.8, 4) is 0 Å². The van der Waals surface area contributed by atoms with Gasteiger partial charge in [-0.25, -0.2) is 72.8 Å². The molecule has 0 spiro atoms. The van der Waals surface area contributed by atoms with Crippen LogP contribution in [-0.2, 0) is 51.2 Å². The molecular formula is C50H54Fe3N2P2. The van der Waals surface area contributed by atoms with Gasteiger partial charge in [-0.3, -0.25) is 0 Å². The van der Waals surface area contributed by atoms with Gasteiger partial charge in [0, 0.05) is 0 Å². The van der Waals surface area contributed by atoms with E-state index in [0.717, 1.165) is 0 Å². The molecule has 7 heteroatoms. The Morgan fingerprint density at radius 3 is 0.982 bits per heavy atom. The van der Waals surface area contributed by atoms with Crippen molar-refractivity contribution in [3.05, 3.63) is 217 Å². The standard InChI is InChI=1S/2C20H22NP.2C5H5.3Fe/c2*1-16(21(2)3)19-14-9-15-20(19)22(18-12-7-8-13-18)17-10-5-4-6-11-17;2*1-2-4-5-3-1;;;/h2*4-16H,1-3H3;2*1-5H;;;/q2*-2;2*-1;3*+2. The molecule has 8 rings (SSSR count). The van der Waals surface area contributed by atoms with Gasteiger partial charge in [-0.15, -0.1) is 32.3 Å². The van der Waals surface area contributed by atoms with Crippen LogP contribution in [-0.4, -0.2) is 38.0 Å². The molecule has 8 aromatic rings. The second kappa shape index (κ2) is 26.8. The Bertz CT molecular complexity index is 1870. The summed E-state index contributed by atoms with van der Waals surface area (Å²) >= 11 is 0. The van der Waals surface area contributed by atoms with E-state index in [1.807, 2.05) is 60.7 Å². The third-order valence-corrected chi connectivity index (χ3v) is 14.6. The molecule has 0 bridgehead atoms. The summed E-state index contributed by atoms with van der Waals surface area (Å²) in [7, 11) is 7.64. The van der Waals surface area contributed by atoms with Crippen LogP contribution >= 0.6 is 15.8 Å². The van der Waals surface area contributed by atoms with Gasteiger partial charge in [0.05, 0.1) is 0 Å². The Labute approximate surface area is 377 Å². The molecule has 4 atom stereocenters. The molecule has 0 aliphatic rings. The molecule has 4 unspecified atom stereocenters. The van der Waals surface area contributed by atoms with E-state index in [9.17, 15) is 0 Å². The molecule has 0 fully saturated rings. The molecule has 0 aliphatic heterocycles. The van der Waals surface area contributed by atoms with E-state index < -0.39 is 15.8 Å². The minimum Gasteiger partial charge on any atom is -0.314 e. The zero-order chi connectivity index (χ0) is 38.1. The van der Waals surface area contributed by atoms with Gasteiger partial charge in [0.2, 0.25) is 0 Å². The maximum absolute atomic E-state index is 2.31. The summed E-state index contributed by atoms with van der Waals surface area (Å²) < 4.78 is 0. The van der Waals surface area contributed by atoms with Gasteiger partial charge >= 0.3 is 51.2 Å². The largest absolute Gasteiger partial charge is 2.00 e. The van der Waals surface area contributed by atoms with Crippen molar-refractivity contribution in [2.45, 2.75) is 25.9 Å². The minimum atomic E-state index is -0.477. The van der Waals surface area contributed by atoms with Crippen molar-refractivity contribution in [2.24, 2.45) is 0 Å². The molecule has 0 N–H and O–H groups in total. The normalized spacial score (nSPS) is 12.4. The average molecular weight is 912 g/mol. The number of benzene rings is 2. The minimum absolute atomic E-state index is 0. The van der Waals surface area contributed by atoms with Crippen molar-refractivity contribution < 1.29 is 51.2 Å². The second-order valence-electron chi connectivity index (χ2n) is 13.6. The first-order valence-electron chi connectivity index (χ1n) is 18.7. The second-order valence-corrected chi connectivity index (χ2v) is 17.9. The SMILES string of the molecule is CC([c-]1cccc1P(c1ccccc1)[c-]1cccc1)N(C)C.CC([c-]1cccc1P(c1ccccc1)[c-]1cccc1)N(C)C.[Fe+2].[Fe+2].[Fe+2].c1cc[cH-]c1.c1cc[cH-]c1. The predicted octanol–water partition coefficient (Wildman–Crippen LogP) is 9.81. The fourth-order valence-corrected chi connectivity index (χ4v) is 11.3. The summed E-state index contributed by atoms with van der Waals surface area (Å²) in [4.78, 5) is 4.56. The summed E-state index contributed by atoms with van der Waals surface area (Å²) in [6.45, 7) is 4.56. The van der Waals surface area contributed by atoms with Crippen molar-refractivity contribution in [1.29, 1.82) is 0 Å². The van der Waals surface area contributed by atoms with Gasteiger partial charge in [0.15, 0.2) is 0 Å². The van der Waals surface area contributed by atoms with Gasteiger partial charge in [-0.1, -0.05) is 90.4 Å². The fraction of sp³-hybridized carbons (Fsp3) is 0.160. The third kappa shape index (κ3) is 14.6. The molecule has 8 aromatic carbocycles. The van der Waals surface area contributed by atoms with E-state index >= 15 is 0 Å². The van der Waals surface area contributed by atoms with Gasteiger partial charge in [0.25, 0.3) is 0 Å². The Kier molecular flexibility index (Phi) is 23.5. The van der Waals surface area contributed by atoms with Crippen molar-refractivity contribution in [1.82, 2.24) is 9.80 Å². The third-order valence-electron chi connectivity index (χ3n) is 9.53. The number of nitrogens with zero attached hydrogens (tertiary/aromatic N) is 2. The molecule has 57 heavy (non-hydrogen) atoms. The topological polar surface area (TPSA) is 6.48 Å². The van der Waals surface area contributed by atoms with Crippen LogP contribution in [0.15, 0.2) is 206 Å². The van der Waals surface area contributed by atoms with Crippen molar-refractivity contribution in [2.75, 3.05) is 28.2 Å². The first-order valence-corrected chi connectivity index (χ1v) is 21.4. The van der Waals surface area contributed by atoms with E-state index in [4.69, 9.17) is 0 Å². The first-order chi connectivity index (χ1) is 26.4. The van der Waals surface area contributed by atoms with Crippen LogP contribution in [0.4, 0.5) is 0 Å². The van der Waals surface area contributed by atoms with Crippen LogP contribution in [0, 0.1) is 0 Å². The molecule has 298 valence electrons. The summed E-state index contributed by atoms with van der Waals surface area (Å²) in [6.07, 6.45) is 0. The molecule has 0 saturated heterocycles. The summed E-state index contributed by atoms with van der Waals surface area (Å²) in [6, 6.07) is 73.8. The number of hydrogen-bond acceptors (Lipinski definition) is 2.